The number of halogens is 15. The first-order valence-electron chi connectivity index (χ1n) is 16.8. The molecule has 0 atom stereocenters. The lowest BCUT2D eigenvalue weighted by molar-refractivity contribution is 0.381. The molecule has 4 nitrogen and oxygen atoms in total. The molecule has 0 saturated heterocycles. The highest BCUT2D eigenvalue weighted by Crippen LogP contribution is 2.43. The molecule has 5 heterocycles. The number of benzene rings is 4. The van der Waals surface area contributed by atoms with Crippen LogP contribution in [0, 0.1) is 87.3 Å². The molecular weight excluding hydrogens is 833 g/mol. The third-order valence-electron chi connectivity index (χ3n) is 9.94. The van der Waals surface area contributed by atoms with E-state index < -0.39 is 148 Å². The molecular formula is C41H13F15N4. The van der Waals surface area contributed by atoms with Gasteiger partial charge in [0, 0.05) is 55.7 Å². The predicted octanol–water partition coefficient (Wildman–Crippen LogP) is 12.7. The smallest absolute Gasteiger partial charge is 0.200 e. The fraction of sp³-hybridized carbons (Fsp3) is 0. The summed E-state index contributed by atoms with van der Waals surface area (Å²) in [6, 6.07) is 9.12. The van der Waals surface area contributed by atoms with Crippen molar-refractivity contribution in [3.05, 3.63) is 154 Å². The van der Waals surface area contributed by atoms with E-state index >= 15 is 26.3 Å². The highest BCUT2D eigenvalue weighted by atomic mass is 19.2. The fourth-order valence-electron chi connectivity index (χ4n) is 7.27. The first-order chi connectivity index (χ1) is 28.5. The van der Waals surface area contributed by atoms with Crippen molar-refractivity contribution in [2.45, 2.75) is 0 Å². The van der Waals surface area contributed by atoms with Crippen LogP contribution in [-0.4, -0.2) is 19.4 Å². The normalized spacial score (nSPS) is 12.2. The van der Waals surface area contributed by atoms with Crippen molar-refractivity contribution in [2.75, 3.05) is 0 Å². The van der Waals surface area contributed by atoms with Crippen LogP contribution in [0.25, 0.3) is 83.9 Å². The third-order valence-corrected chi connectivity index (χ3v) is 9.94. The number of fused-ring (bicyclic) bond motifs is 12. The lowest BCUT2D eigenvalue weighted by Crippen LogP contribution is -2.05. The molecule has 2 N–H and O–H groups in total. The highest BCUT2D eigenvalue weighted by Gasteiger charge is 2.33. The SMILES string of the molecule is Fc1c(F)c(F)c(-c2c3nc(n4cc(c(-c5c(F)c(F)c(F)c(F)c5F)c5ccc([nH]5)c(-c5c(F)c(F)c(F)c(F)c5F)c5ccc2[nH]5)c2ccccc24)C=C3)c(F)c1F. The first-order valence-corrected chi connectivity index (χ1v) is 16.8. The van der Waals surface area contributed by atoms with Gasteiger partial charge in [-0.1, -0.05) is 18.2 Å². The van der Waals surface area contributed by atoms with Crippen LogP contribution >= 0.6 is 0 Å². The van der Waals surface area contributed by atoms with Gasteiger partial charge in [0.2, 0.25) is 17.5 Å². The zero-order valence-corrected chi connectivity index (χ0v) is 28.9. The summed E-state index contributed by atoms with van der Waals surface area (Å²) in [5.41, 5.74) is -10.5. The summed E-state index contributed by atoms with van der Waals surface area (Å²) >= 11 is 0. The molecule has 0 radical (unpaired) electrons. The van der Waals surface area contributed by atoms with E-state index in [9.17, 15) is 39.5 Å². The van der Waals surface area contributed by atoms with Crippen LogP contribution in [0.2, 0.25) is 0 Å². The molecule has 4 aromatic carbocycles. The molecule has 0 unspecified atom stereocenters. The largest absolute Gasteiger partial charge is 0.354 e. The van der Waals surface area contributed by atoms with Gasteiger partial charge in [0.25, 0.3) is 0 Å². The number of aromatic nitrogens is 4. The molecule has 1 aliphatic rings. The van der Waals surface area contributed by atoms with Gasteiger partial charge in [-0.05, 0) is 42.5 Å². The van der Waals surface area contributed by atoms with E-state index in [0.717, 1.165) is 42.6 Å². The Morgan fingerprint density at radius 2 is 0.717 bits per heavy atom. The molecule has 19 heteroatoms. The second kappa shape index (κ2) is 13.4. The van der Waals surface area contributed by atoms with Crippen LogP contribution in [0.1, 0.15) is 11.5 Å². The van der Waals surface area contributed by atoms with Gasteiger partial charge < -0.3 is 14.4 Å². The number of H-pyrrole nitrogens is 2. The molecule has 4 aromatic heterocycles. The van der Waals surface area contributed by atoms with Gasteiger partial charge in [0.05, 0.1) is 27.9 Å². The van der Waals surface area contributed by atoms with Crippen molar-refractivity contribution in [3.8, 4) is 33.4 Å². The summed E-state index contributed by atoms with van der Waals surface area (Å²) in [7, 11) is 0. The maximum atomic E-state index is 15.9. The van der Waals surface area contributed by atoms with E-state index in [4.69, 9.17) is 0 Å². The molecule has 302 valence electrons. The van der Waals surface area contributed by atoms with Crippen LogP contribution in [0.5, 0.6) is 0 Å². The molecule has 0 aliphatic carbocycles. The van der Waals surface area contributed by atoms with E-state index in [1.165, 1.54) is 28.7 Å². The molecule has 8 aromatic rings. The topological polar surface area (TPSA) is 48.9 Å². The minimum atomic E-state index is -2.59. The Bertz CT molecular complexity index is 3310. The van der Waals surface area contributed by atoms with Gasteiger partial charge in [-0.3, -0.25) is 0 Å². The molecule has 8 bridgehead atoms. The summed E-state index contributed by atoms with van der Waals surface area (Å²) in [6.07, 6.45) is 3.27. The number of para-hydroxylation sites is 1. The summed E-state index contributed by atoms with van der Waals surface area (Å²) in [6.45, 7) is 0. The standard InChI is InChI=1S/C41H13F15N4/c42-27-24(28(43)34(49)39(54)33(27)48)21-13-11-60(19-4-2-1-3-12(13)19)20-10-9-18(59-20)23(26-31(46)37(52)41(56)38(53)32(26)47)17-8-7-16(58-17)22(15-6-5-14(21)57-15)25-29(44)35(50)40(55)36(51)30(25)45/h1-11,57-58H. The highest BCUT2D eigenvalue weighted by molar-refractivity contribution is 6.10. The Morgan fingerprint density at radius 1 is 0.350 bits per heavy atom. The maximum absolute atomic E-state index is 15.9. The number of aromatic amines is 2. The van der Waals surface area contributed by atoms with Gasteiger partial charge in [0.15, 0.2) is 69.8 Å². The van der Waals surface area contributed by atoms with Gasteiger partial charge in [0.1, 0.15) is 5.82 Å². The average molecular weight is 847 g/mol. The van der Waals surface area contributed by atoms with Gasteiger partial charge >= 0.3 is 0 Å². The van der Waals surface area contributed by atoms with Crippen LogP contribution in [-0.2, 0) is 0 Å². The minimum Gasteiger partial charge on any atom is -0.354 e. The Labute approximate surface area is 322 Å². The van der Waals surface area contributed by atoms with Crippen molar-refractivity contribution in [1.29, 1.82) is 0 Å². The van der Waals surface area contributed by atoms with Gasteiger partial charge in [-0.25, -0.2) is 70.8 Å². The second-order valence-electron chi connectivity index (χ2n) is 13.1. The first kappa shape index (κ1) is 38.3. The van der Waals surface area contributed by atoms with E-state index in [0.29, 0.717) is 0 Å². The number of hydrogen-bond donors (Lipinski definition) is 2. The van der Waals surface area contributed by atoms with Crippen LogP contribution in [0.3, 0.4) is 0 Å². The fourth-order valence-corrected chi connectivity index (χ4v) is 7.27. The minimum absolute atomic E-state index is 0.00401. The predicted molar refractivity (Wildman–Crippen MR) is 187 cm³/mol. The summed E-state index contributed by atoms with van der Waals surface area (Å²) in [5.74, 6) is -36.7. The van der Waals surface area contributed by atoms with Crippen molar-refractivity contribution in [1.82, 2.24) is 19.4 Å². The quantitative estimate of drug-likeness (QED) is 0.104. The van der Waals surface area contributed by atoms with Crippen LogP contribution in [0.15, 0.2) is 54.7 Å². The monoisotopic (exact) mass is 846 g/mol. The van der Waals surface area contributed by atoms with E-state index in [1.807, 2.05) is 0 Å². The van der Waals surface area contributed by atoms with Crippen molar-refractivity contribution < 1.29 is 65.9 Å². The van der Waals surface area contributed by atoms with Gasteiger partial charge in [-0.15, -0.1) is 0 Å². The van der Waals surface area contributed by atoms with E-state index in [1.54, 1.807) is 0 Å². The Hall–Kier alpha value is -7.18. The lowest BCUT2D eigenvalue weighted by atomic mass is 9.99. The molecule has 0 fully saturated rings. The zero-order valence-electron chi connectivity index (χ0n) is 28.9. The summed E-state index contributed by atoms with van der Waals surface area (Å²) < 4.78 is 228. The molecule has 0 spiro atoms. The number of hydrogen-bond acceptors (Lipinski definition) is 1. The molecule has 60 heavy (non-hydrogen) atoms. The Kier molecular flexibility index (Phi) is 8.58. The lowest BCUT2D eigenvalue weighted by Gasteiger charge is -2.11. The number of nitrogens with one attached hydrogen (secondary N) is 2. The van der Waals surface area contributed by atoms with Crippen LogP contribution < -0.4 is 0 Å². The summed E-state index contributed by atoms with van der Waals surface area (Å²) in [4.78, 5) is 9.29. The van der Waals surface area contributed by atoms with Crippen LogP contribution in [0.4, 0.5) is 65.9 Å². The van der Waals surface area contributed by atoms with E-state index in [2.05, 4.69) is 15.0 Å². The molecule has 0 amide bonds. The summed E-state index contributed by atoms with van der Waals surface area (Å²) in [5, 5.41) is -0.325. The number of rotatable bonds is 3. The average Bonchev–Trinajstić information content (AvgIpc) is 4.08. The Morgan fingerprint density at radius 3 is 1.18 bits per heavy atom. The van der Waals surface area contributed by atoms with Crippen molar-refractivity contribution in [2.24, 2.45) is 0 Å². The molecule has 1 aliphatic heterocycles. The van der Waals surface area contributed by atoms with E-state index in [-0.39, 0.29) is 22.1 Å². The maximum Gasteiger partial charge on any atom is 0.200 e. The number of nitrogens with zero attached hydrogens (tertiary/aromatic N) is 2. The second-order valence-corrected chi connectivity index (χ2v) is 13.1. The third kappa shape index (κ3) is 5.26. The van der Waals surface area contributed by atoms with Crippen molar-refractivity contribution in [3.63, 3.8) is 0 Å². The van der Waals surface area contributed by atoms with Gasteiger partial charge in [-0.2, -0.15) is 0 Å². The molecule has 9 rings (SSSR count). The van der Waals surface area contributed by atoms with Crippen molar-refractivity contribution >= 4 is 50.5 Å². The molecule has 0 saturated carbocycles. The Balaban J connectivity index is 1.60. The zero-order chi connectivity index (χ0) is 42.8.